The fourth-order valence-corrected chi connectivity index (χ4v) is 3.55. The molecule has 9 heteroatoms. The van der Waals surface area contributed by atoms with E-state index in [-0.39, 0.29) is 6.42 Å². The Bertz CT molecular complexity index is 494. The van der Waals surface area contributed by atoms with Crippen LogP contribution in [0.3, 0.4) is 0 Å². The van der Waals surface area contributed by atoms with Crippen LogP contribution in [0.4, 0.5) is 0 Å². The quantitative estimate of drug-likeness (QED) is 0.137. The zero-order chi connectivity index (χ0) is 24.1. The number of aliphatic carboxylic acids is 1. The number of unbranched alkanes of at least 4 members (excludes halogenated alkanes) is 11. The van der Waals surface area contributed by atoms with Crippen molar-refractivity contribution in [2.24, 2.45) is 11.7 Å². The van der Waals surface area contributed by atoms with Crippen molar-refractivity contribution in [1.29, 1.82) is 0 Å². The van der Waals surface area contributed by atoms with Gasteiger partial charge in [0.15, 0.2) is 6.10 Å². The molecule has 0 aliphatic rings. The largest absolute Gasteiger partial charge is 0.479 e. The van der Waals surface area contributed by atoms with E-state index in [1.165, 1.54) is 70.6 Å². The Labute approximate surface area is 188 Å². The summed E-state index contributed by atoms with van der Waals surface area (Å²) in [5.41, 5.74) is 4.62. The number of amides is 1. The van der Waals surface area contributed by atoms with E-state index in [9.17, 15) is 14.2 Å². The average molecular weight is 468 g/mol. The molecule has 1 unspecified atom stereocenters. The number of hydrogen-bond donors (Lipinski definition) is 5. The molecule has 0 aromatic rings. The molecule has 0 fully saturated rings. The molecule has 8 nitrogen and oxygen atoms in total. The van der Waals surface area contributed by atoms with Gasteiger partial charge in [-0.25, -0.2) is 4.79 Å². The summed E-state index contributed by atoms with van der Waals surface area (Å²) in [6, 6.07) is 0. The second kappa shape index (κ2) is 20.9. The summed E-state index contributed by atoms with van der Waals surface area (Å²) in [7, 11) is -4.02. The molecular weight excluding hydrogens is 421 g/mol. The zero-order valence-corrected chi connectivity index (χ0v) is 20.4. The van der Waals surface area contributed by atoms with Gasteiger partial charge in [-0.3, -0.25) is 9.36 Å². The lowest BCUT2D eigenvalue weighted by atomic mass is 10.0. The first-order chi connectivity index (χ1) is 14.5. The molecule has 6 N–H and O–H groups in total. The first-order valence-electron chi connectivity index (χ1n) is 11.7. The minimum atomic E-state index is -4.02. The molecule has 0 heterocycles. The van der Waals surface area contributed by atoms with Gasteiger partial charge in [-0.2, -0.15) is 0 Å². The molecule has 0 radical (unpaired) electrons. The van der Waals surface area contributed by atoms with E-state index in [0.29, 0.717) is 6.42 Å². The molecule has 0 saturated carbocycles. The maximum atomic E-state index is 10.4. The van der Waals surface area contributed by atoms with E-state index < -0.39 is 31.7 Å². The maximum Gasteiger partial charge on any atom is 0.332 e. The van der Waals surface area contributed by atoms with E-state index in [0.717, 1.165) is 18.8 Å². The Kier molecular flexibility index (Phi) is 21.8. The summed E-state index contributed by atoms with van der Waals surface area (Å²) in [6.07, 6.45) is 15.2. The van der Waals surface area contributed by atoms with Gasteiger partial charge >= 0.3 is 13.6 Å². The number of hydrogen-bond acceptors (Lipinski definition) is 4. The van der Waals surface area contributed by atoms with Gasteiger partial charge in [0.2, 0.25) is 5.91 Å². The van der Waals surface area contributed by atoms with Gasteiger partial charge in [-0.1, -0.05) is 97.3 Å². The molecular formula is C22H46NO7P. The number of primary amides is 1. The molecule has 1 atom stereocenters. The van der Waals surface area contributed by atoms with Crippen molar-refractivity contribution in [2.45, 2.75) is 116 Å². The number of aliphatic hydroxyl groups excluding tert-OH is 1. The molecule has 0 bridgehead atoms. The van der Waals surface area contributed by atoms with E-state index in [1.54, 1.807) is 0 Å². The van der Waals surface area contributed by atoms with Crippen molar-refractivity contribution < 1.29 is 34.2 Å². The third-order valence-electron chi connectivity index (χ3n) is 4.94. The highest BCUT2D eigenvalue weighted by atomic mass is 31.2. The Morgan fingerprint density at radius 2 is 1.13 bits per heavy atom. The Hall–Kier alpha value is -0.950. The Balaban J connectivity index is 0. The highest BCUT2D eigenvalue weighted by molar-refractivity contribution is 7.51. The Morgan fingerprint density at radius 1 is 0.774 bits per heavy atom. The monoisotopic (exact) mass is 467 g/mol. The lowest BCUT2D eigenvalue weighted by Crippen LogP contribution is -2.18. The van der Waals surface area contributed by atoms with Crippen molar-refractivity contribution in [2.75, 3.05) is 6.16 Å². The summed E-state index contributed by atoms with van der Waals surface area (Å²) in [5, 5.41) is 17.7. The van der Waals surface area contributed by atoms with Gasteiger partial charge in [-0.15, -0.1) is 0 Å². The van der Waals surface area contributed by atoms with Crippen LogP contribution in [0.15, 0.2) is 0 Å². The summed E-state index contributed by atoms with van der Waals surface area (Å²) in [4.78, 5) is 36.7. The minimum Gasteiger partial charge on any atom is -0.479 e. The highest BCUT2D eigenvalue weighted by Crippen LogP contribution is 2.34. The lowest BCUT2D eigenvalue weighted by molar-refractivity contribution is -0.147. The minimum absolute atomic E-state index is 0.260. The number of nitrogens with two attached hydrogens (primary N) is 1. The predicted octanol–water partition coefficient (Wildman–Crippen LogP) is 4.59. The van der Waals surface area contributed by atoms with Crippen molar-refractivity contribution in [3.05, 3.63) is 0 Å². The van der Waals surface area contributed by atoms with Gasteiger partial charge in [0.1, 0.15) is 0 Å². The van der Waals surface area contributed by atoms with Crippen LogP contribution in [0.5, 0.6) is 0 Å². The van der Waals surface area contributed by atoms with Crippen molar-refractivity contribution in [3.8, 4) is 0 Å². The summed E-state index contributed by atoms with van der Waals surface area (Å²) in [6.45, 7) is 4.60. The van der Waals surface area contributed by atoms with Gasteiger partial charge in [0, 0.05) is 6.42 Å². The van der Waals surface area contributed by atoms with E-state index in [4.69, 9.17) is 20.0 Å². The Morgan fingerprint density at radius 3 is 1.39 bits per heavy atom. The summed E-state index contributed by atoms with van der Waals surface area (Å²) < 4.78 is 10.0. The highest BCUT2D eigenvalue weighted by Gasteiger charge is 2.13. The molecule has 0 aromatic heterocycles. The number of carbonyl (C=O) groups excluding carboxylic acids is 1. The molecule has 0 aliphatic carbocycles. The molecule has 31 heavy (non-hydrogen) atoms. The zero-order valence-electron chi connectivity index (χ0n) is 19.5. The van der Waals surface area contributed by atoms with Crippen LogP contribution in [0.2, 0.25) is 0 Å². The van der Waals surface area contributed by atoms with Gasteiger partial charge in [0.25, 0.3) is 0 Å². The third kappa shape index (κ3) is 31.3. The molecule has 0 rings (SSSR count). The predicted molar refractivity (Wildman–Crippen MR) is 124 cm³/mol. The van der Waals surface area contributed by atoms with Crippen LogP contribution in [-0.4, -0.2) is 44.1 Å². The third-order valence-corrected chi connectivity index (χ3v) is 5.75. The normalized spacial score (nSPS) is 12.3. The smallest absolute Gasteiger partial charge is 0.332 e. The fourth-order valence-electron chi connectivity index (χ4n) is 3.04. The number of rotatable bonds is 19. The summed E-state index contributed by atoms with van der Waals surface area (Å²) >= 11 is 0. The van der Waals surface area contributed by atoms with E-state index >= 15 is 0 Å². The SMILES string of the molecule is CC(C)CCCCCCCCCCCCCCC(O)C(=O)O.NC(=O)CCP(=O)(O)O. The van der Waals surface area contributed by atoms with Crippen molar-refractivity contribution >= 4 is 19.5 Å². The molecule has 0 aromatic carbocycles. The number of aliphatic hydroxyl groups is 1. The van der Waals surface area contributed by atoms with Crippen LogP contribution >= 0.6 is 7.60 Å². The van der Waals surface area contributed by atoms with Gasteiger partial charge in [-0.05, 0) is 12.3 Å². The first-order valence-corrected chi connectivity index (χ1v) is 13.5. The van der Waals surface area contributed by atoms with Crippen LogP contribution in [0.1, 0.15) is 110 Å². The van der Waals surface area contributed by atoms with Gasteiger partial charge in [0.05, 0.1) is 6.16 Å². The molecule has 0 aliphatic heterocycles. The van der Waals surface area contributed by atoms with Crippen LogP contribution in [-0.2, 0) is 14.2 Å². The topological polar surface area (TPSA) is 158 Å². The standard InChI is InChI=1S/C19H38O3.C3H8NO4P/c1-17(2)15-13-11-9-7-5-3-4-6-8-10-12-14-16-18(20)19(21)22;4-3(5)1-2-9(6,7)8/h17-18,20H,3-16H2,1-2H3,(H,21,22);1-2H2,(H2,4,5)(H2,6,7,8). The molecule has 0 saturated heterocycles. The first kappa shape index (κ1) is 32.2. The number of carboxylic acids is 1. The van der Waals surface area contributed by atoms with E-state index in [2.05, 4.69) is 19.6 Å². The lowest BCUT2D eigenvalue weighted by Gasteiger charge is -2.05. The molecule has 0 spiro atoms. The number of carbonyl (C=O) groups is 2. The molecule has 1 amide bonds. The van der Waals surface area contributed by atoms with Crippen LogP contribution in [0, 0.1) is 5.92 Å². The van der Waals surface area contributed by atoms with E-state index in [1.807, 2.05) is 0 Å². The summed E-state index contributed by atoms with van der Waals surface area (Å²) in [5.74, 6) is -0.935. The van der Waals surface area contributed by atoms with Crippen molar-refractivity contribution in [1.82, 2.24) is 0 Å². The van der Waals surface area contributed by atoms with Gasteiger partial charge < -0.3 is 25.7 Å². The molecule has 186 valence electrons. The average Bonchev–Trinajstić information content (AvgIpc) is 2.66. The maximum absolute atomic E-state index is 10.4. The van der Waals surface area contributed by atoms with Crippen molar-refractivity contribution in [3.63, 3.8) is 0 Å². The second-order valence-corrected chi connectivity index (χ2v) is 10.4. The van der Waals surface area contributed by atoms with Crippen LogP contribution in [0.25, 0.3) is 0 Å². The van der Waals surface area contributed by atoms with Crippen LogP contribution < -0.4 is 5.73 Å². The fraction of sp³-hybridized carbons (Fsp3) is 0.909. The number of carboxylic acid groups (broad SMARTS) is 1. The second-order valence-electron chi connectivity index (χ2n) is 8.67.